The van der Waals surface area contributed by atoms with Gasteiger partial charge in [-0.3, -0.25) is 14.6 Å². The Morgan fingerprint density at radius 2 is 2.17 bits per heavy atom. The molecule has 0 saturated carbocycles. The fraction of sp³-hybridized carbons (Fsp3) is 0.278. The number of benzene rings is 1. The maximum absolute atomic E-state index is 12.5. The van der Waals surface area contributed by atoms with E-state index < -0.39 is 5.92 Å². The van der Waals surface area contributed by atoms with Crippen molar-refractivity contribution in [1.29, 1.82) is 0 Å². The van der Waals surface area contributed by atoms with Gasteiger partial charge in [0.15, 0.2) is 0 Å². The molecule has 6 heteroatoms. The molecule has 1 saturated heterocycles. The molecule has 1 aliphatic heterocycles. The van der Waals surface area contributed by atoms with E-state index in [2.05, 4.69) is 26.2 Å². The van der Waals surface area contributed by atoms with Crippen LogP contribution in [-0.4, -0.2) is 29.9 Å². The van der Waals surface area contributed by atoms with Gasteiger partial charge < -0.3 is 10.2 Å². The van der Waals surface area contributed by atoms with Crippen molar-refractivity contribution in [2.45, 2.75) is 12.8 Å². The van der Waals surface area contributed by atoms with Gasteiger partial charge in [-0.25, -0.2) is 0 Å². The smallest absolute Gasteiger partial charge is 0.239 e. The molecular formula is C18H18BrN3O2. The van der Waals surface area contributed by atoms with Gasteiger partial charge in [-0.1, -0.05) is 28.1 Å². The van der Waals surface area contributed by atoms with Crippen LogP contribution in [0, 0.1) is 5.92 Å². The molecule has 1 N–H and O–H groups in total. The van der Waals surface area contributed by atoms with E-state index in [1.807, 2.05) is 42.5 Å². The number of pyridine rings is 1. The predicted molar refractivity (Wildman–Crippen MR) is 95.6 cm³/mol. The molecule has 0 aliphatic carbocycles. The van der Waals surface area contributed by atoms with Crippen LogP contribution < -0.4 is 10.2 Å². The summed E-state index contributed by atoms with van der Waals surface area (Å²) >= 11 is 3.41. The third-order valence-electron chi connectivity index (χ3n) is 4.05. The van der Waals surface area contributed by atoms with Crippen LogP contribution in [0.1, 0.15) is 12.1 Å². The number of amides is 2. The summed E-state index contributed by atoms with van der Waals surface area (Å²) in [5.74, 6) is -0.940. The fourth-order valence-corrected chi connectivity index (χ4v) is 3.19. The largest absolute Gasteiger partial charge is 0.355 e. The molecule has 2 heterocycles. The lowest BCUT2D eigenvalue weighted by Crippen LogP contribution is -2.37. The molecule has 0 bridgehead atoms. The lowest BCUT2D eigenvalue weighted by molar-refractivity contribution is -0.132. The average Bonchev–Trinajstić information content (AvgIpc) is 2.97. The minimum atomic E-state index is -0.604. The zero-order valence-corrected chi connectivity index (χ0v) is 14.7. The molecule has 1 fully saturated rings. The molecule has 3 rings (SSSR count). The van der Waals surface area contributed by atoms with E-state index >= 15 is 0 Å². The molecule has 1 aromatic heterocycles. The number of aromatic nitrogens is 1. The van der Waals surface area contributed by atoms with Gasteiger partial charge in [0.25, 0.3) is 0 Å². The predicted octanol–water partition coefficient (Wildman–Crippen LogP) is 2.56. The first-order chi connectivity index (χ1) is 11.6. The van der Waals surface area contributed by atoms with Crippen LogP contribution in [-0.2, 0) is 16.0 Å². The highest BCUT2D eigenvalue weighted by molar-refractivity contribution is 9.10. The second-order valence-corrected chi connectivity index (χ2v) is 6.59. The maximum atomic E-state index is 12.5. The molecule has 2 aromatic rings. The topological polar surface area (TPSA) is 62.3 Å². The van der Waals surface area contributed by atoms with Crippen LogP contribution in [0.2, 0.25) is 0 Å². The van der Waals surface area contributed by atoms with Gasteiger partial charge in [-0.15, -0.1) is 0 Å². The maximum Gasteiger partial charge on any atom is 0.239 e. The van der Waals surface area contributed by atoms with E-state index in [4.69, 9.17) is 0 Å². The van der Waals surface area contributed by atoms with Gasteiger partial charge in [0.05, 0.1) is 0 Å². The number of nitrogens with zero attached hydrogens (tertiary/aromatic N) is 2. The molecular weight excluding hydrogens is 370 g/mol. The van der Waals surface area contributed by atoms with Gasteiger partial charge in [0.1, 0.15) is 5.92 Å². The van der Waals surface area contributed by atoms with E-state index in [0.29, 0.717) is 25.9 Å². The first-order valence-corrected chi connectivity index (χ1v) is 8.69. The van der Waals surface area contributed by atoms with Crippen molar-refractivity contribution in [3.8, 4) is 0 Å². The van der Waals surface area contributed by atoms with Gasteiger partial charge in [0.2, 0.25) is 11.8 Å². The Morgan fingerprint density at radius 3 is 2.92 bits per heavy atom. The van der Waals surface area contributed by atoms with Crippen LogP contribution in [0.4, 0.5) is 5.69 Å². The molecule has 0 spiro atoms. The molecule has 1 unspecified atom stereocenters. The molecule has 1 aliphatic rings. The normalized spacial score (nSPS) is 17.1. The minimum Gasteiger partial charge on any atom is -0.355 e. The Balaban J connectivity index is 1.55. The van der Waals surface area contributed by atoms with Gasteiger partial charge in [0, 0.05) is 41.6 Å². The van der Waals surface area contributed by atoms with Gasteiger partial charge >= 0.3 is 0 Å². The third-order valence-corrected chi connectivity index (χ3v) is 4.54. The number of carbonyl (C=O) groups is 2. The van der Waals surface area contributed by atoms with Crippen molar-refractivity contribution >= 4 is 33.4 Å². The number of carbonyl (C=O) groups excluding carboxylic acids is 2. The number of halogens is 1. The molecule has 1 aromatic carbocycles. The van der Waals surface area contributed by atoms with Crippen LogP contribution in [0.15, 0.2) is 53.1 Å². The summed E-state index contributed by atoms with van der Waals surface area (Å²) in [6.07, 6.45) is 2.93. The van der Waals surface area contributed by atoms with Crippen molar-refractivity contribution in [2.75, 3.05) is 18.0 Å². The van der Waals surface area contributed by atoms with Gasteiger partial charge in [-0.2, -0.15) is 0 Å². The molecule has 5 nitrogen and oxygen atoms in total. The number of rotatable bonds is 5. The zero-order chi connectivity index (χ0) is 16.9. The highest BCUT2D eigenvalue weighted by Gasteiger charge is 2.37. The quantitative estimate of drug-likeness (QED) is 0.801. The van der Waals surface area contributed by atoms with Crippen molar-refractivity contribution in [3.63, 3.8) is 0 Å². The summed E-state index contributed by atoms with van der Waals surface area (Å²) in [6.45, 7) is 1.05. The fourth-order valence-electron chi connectivity index (χ4n) is 2.81. The monoisotopic (exact) mass is 387 g/mol. The van der Waals surface area contributed by atoms with Crippen molar-refractivity contribution in [1.82, 2.24) is 10.3 Å². The first-order valence-electron chi connectivity index (χ1n) is 7.90. The lowest BCUT2D eigenvalue weighted by atomic mass is 10.1. The summed E-state index contributed by atoms with van der Waals surface area (Å²) in [6, 6.07) is 13.3. The van der Waals surface area contributed by atoms with Crippen LogP contribution in [0.25, 0.3) is 0 Å². The van der Waals surface area contributed by atoms with E-state index in [-0.39, 0.29) is 11.8 Å². The Bertz CT molecular complexity index is 736. The Morgan fingerprint density at radius 1 is 1.29 bits per heavy atom. The highest BCUT2D eigenvalue weighted by Crippen LogP contribution is 2.27. The van der Waals surface area contributed by atoms with Crippen molar-refractivity contribution < 1.29 is 9.59 Å². The minimum absolute atomic E-state index is 0.136. The van der Waals surface area contributed by atoms with Crippen LogP contribution >= 0.6 is 15.9 Å². The number of anilines is 1. The van der Waals surface area contributed by atoms with Crippen molar-refractivity contribution in [3.05, 3.63) is 58.8 Å². The second-order valence-electron chi connectivity index (χ2n) is 5.67. The Hall–Kier alpha value is -2.21. The second kappa shape index (κ2) is 7.57. The number of hydrogen-bond donors (Lipinski definition) is 1. The standard InChI is InChI=1S/C18H18BrN3O2/c19-13-4-3-6-15(12-13)22-11-8-16(18(22)24)17(23)21-10-7-14-5-1-2-9-20-14/h1-6,9,12,16H,7-8,10-11H2,(H,21,23). The summed E-state index contributed by atoms with van der Waals surface area (Å²) in [4.78, 5) is 30.7. The van der Waals surface area contributed by atoms with Crippen LogP contribution in [0.5, 0.6) is 0 Å². The zero-order valence-electron chi connectivity index (χ0n) is 13.1. The molecule has 124 valence electrons. The third kappa shape index (κ3) is 3.82. The van der Waals surface area contributed by atoms with Gasteiger partial charge in [-0.05, 0) is 36.8 Å². The summed E-state index contributed by atoms with van der Waals surface area (Å²) in [5.41, 5.74) is 1.74. The van der Waals surface area contributed by atoms with E-state index in [1.165, 1.54) is 0 Å². The lowest BCUT2D eigenvalue weighted by Gasteiger charge is -2.17. The Labute approximate surface area is 149 Å². The first kappa shape index (κ1) is 16.6. The van der Waals surface area contributed by atoms with E-state index in [9.17, 15) is 9.59 Å². The molecule has 0 radical (unpaired) electrons. The molecule has 1 atom stereocenters. The number of hydrogen-bond acceptors (Lipinski definition) is 3. The summed E-state index contributed by atoms with van der Waals surface area (Å²) < 4.78 is 0.913. The highest BCUT2D eigenvalue weighted by atomic mass is 79.9. The molecule has 24 heavy (non-hydrogen) atoms. The number of nitrogens with one attached hydrogen (secondary N) is 1. The van der Waals surface area contributed by atoms with Crippen molar-refractivity contribution in [2.24, 2.45) is 5.92 Å². The van der Waals surface area contributed by atoms with Crippen LogP contribution in [0.3, 0.4) is 0 Å². The Kier molecular flexibility index (Phi) is 5.25. The average molecular weight is 388 g/mol. The van der Waals surface area contributed by atoms with E-state index in [1.54, 1.807) is 11.1 Å². The van der Waals surface area contributed by atoms with E-state index in [0.717, 1.165) is 15.9 Å². The summed E-state index contributed by atoms with van der Waals surface area (Å²) in [5, 5.41) is 2.85. The SMILES string of the molecule is O=C(NCCc1ccccn1)C1CCN(c2cccc(Br)c2)C1=O. The summed E-state index contributed by atoms with van der Waals surface area (Å²) in [7, 11) is 0. The molecule has 2 amide bonds.